The summed E-state index contributed by atoms with van der Waals surface area (Å²) in [6.07, 6.45) is -0.446. The van der Waals surface area contributed by atoms with Gasteiger partial charge in [-0.05, 0) is 0 Å². The molecule has 0 spiro atoms. The molecule has 16 heavy (non-hydrogen) atoms. The number of carbonyl (C=O) groups excluding carboxylic acids is 2. The SMILES string of the molecule is O=C(CCO)CCC(=O)CCS(=O)(=O)[O-].[Na+]. The quantitative estimate of drug-likeness (QED) is 0.354. The number of ketones is 2. The van der Waals surface area contributed by atoms with Gasteiger partial charge in [-0.25, -0.2) is 8.42 Å². The fourth-order valence-electron chi connectivity index (χ4n) is 0.892. The van der Waals surface area contributed by atoms with Crippen molar-refractivity contribution in [1.29, 1.82) is 0 Å². The van der Waals surface area contributed by atoms with Crippen LogP contribution in [-0.4, -0.2) is 42.0 Å². The van der Waals surface area contributed by atoms with Gasteiger partial charge in [-0.15, -0.1) is 0 Å². The largest absolute Gasteiger partial charge is 1.00 e. The van der Waals surface area contributed by atoms with Crippen LogP contribution in [0.3, 0.4) is 0 Å². The summed E-state index contributed by atoms with van der Waals surface area (Å²) in [6.45, 7) is -0.262. The first-order chi connectivity index (χ1) is 6.85. The summed E-state index contributed by atoms with van der Waals surface area (Å²) in [4.78, 5) is 21.8. The maximum atomic E-state index is 11.0. The fraction of sp³-hybridized carbons (Fsp3) is 0.750. The summed E-state index contributed by atoms with van der Waals surface area (Å²) in [7, 11) is -4.36. The van der Waals surface area contributed by atoms with Crippen LogP contribution in [0.4, 0.5) is 0 Å². The van der Waals surface area contributed by atoms with E-state index in [0.29, 0.717) is 0 Å². The maximum absolute atomic E-state index is 11.0. The Balaban J connectivity index is 0. The Labute approximate surface area is 116 Å². The molecule has 0 fully saturated rings. The predicted molar refractivity (Wildman–Crippen MR) is 50.1 cm³/mol. The topological polar surface area (TPSA) is 112 Å². The van der Waals surface area contributed by atoms with Crippen molar-refractivity contribution in [2.75, 3.05) is 12.4 Å². The second-order valence-corrected chi connectivity index (χ2v) is 4.59. The molecule has 0 saturated heterocycles. The van der Waals surface area contributed by atoms with E-state index in [1.54, 1.807) is 0 Å². The van der Waals surface area contributed by atoms with Gasteiger partial charge in [0.15, 0.2) is 0 Å². The molecule has 0 unspecified atom stereocenters. The van der Waals surface area contributed by atoms with E-state index in [-0.39, 0.29) is 67.6 Å². The van der Waals surface area contributed by atoms with Crippen molar-refractivity contribution in [3.8, 4) is 0 Å². The molecule has 0 aliphatic heterocycles. The minimum absolute atomic E-state index is 0. The summed E-state index contributed by atoms with van der Waals surface area (Å²) in [5.41, 5.74) is 0. The third kappa shape index (κ3) is 12.3. The number of hydrogen-bond donors (Lipinski definition) is 1. The molecule has 0 radical (unpaired) electrons. The van der Waals surface area contributed by atoms with Gasteiger partial charge in [0.2, 0.25) is 0 Å². The van der Waals surface area contributed by atoms with Crippen LogP contribution in [-0.2, 0) is 19.7 Å². The van der Waals surface area contributed by atoms with Gasteiger partial charge >= 0.3 is 29.6 Å². The van der Waals surface area contributed by atoms with Gasteiger partial charge in [-0.2, -0.15) is 0 Å². The third-order valence-electron chi connectivity index (χ3n) is 1.70. The zero-order valence-electron chi connectivity index (χ0n) is 9.14. The molecule has 0 aliphatic rings. The Morgan fingerprint density at radius 1 is 1.00 bits per heavy atom. The number of rotatable bonds is 8. The zero-order chi connectivity index (χ0) is 11.9. The number of hydrogen-bond acceptors (Lipinski definition) is 6. The number of aliphatic hydroxyl groups is 1. The molecule has 0 aromatic rings. The molecule has 0 aromatic carbocycles. The summed E-state index contributed by atoms with van der Waals surface area (Å²) in [5, 5.41) is 8.39. The number of carbonyl (C=O) groups is 2. The van der Waals surface area contributed by atoms with Crippen LogP contribution in [0.15, 0.2) is 0 Å². The van der Waals surface area contributed by atoms with Crippen LogP contribution < -0.4 is 29.6 Å². The standard InChI is InChI=1S/C8H14O6S.Na/c9-5-3-7(10)1-2-8(11)4-6-15(12,13)14;/h9H,1-6H2,(H,12,13,14);/q;+1/p-1. The molecule has 0 aliphatic carbocycles. The predicted octanol–water partition coefficient (Wildman–Crippen LogP) is -3.77. The molecule has 0 bridgehead atoms. The van der Waals surface area contributed by atoms with Crippen molar-refractivity contribution >= 4 is 21.7 Å². The summed E-state index contributed by atoms with van der Waals surface area (Å²) in [6, 6.07) is 0. The van der Waals surface area contributed by atoms with Crippen LogP contribution in [0.5, 0.6) is 0 Å². The van der Waals surface area contributed by atoms with Crippen molar-refractivity contribution in [3.05, 3.63) is 0 Å². The Hall–Kier alpha value is 0.210. The van der Waals surface area contributed by atoms with Crippen molar-refractivity contribution in [2.45, 2.75) is 25.7 Å². The summed E-state index contributed by atoms with van der Waals surface area (Å²) >= 11 is 0. The van der Waals surface area contributed by atoms with E-state index in [1.165, 1.54) is 0 Å². The minimum atomic E-state index is -4.36. The molecular formula is C8H13NaO6S. The summed E-state index contributed by atoms with van der Waals surface area (Å²) < 4.78 is 30.5. The molecule has 0 aromatic heterocycles. The molecule has 8 heteroatoms. The van der Waals surface area contributed by atoms with E-state index in [9.17, 15) is 22.6 Å². The summed E-state index contributed by atoms with van der Waals surface area (Å²) in [5.74, 6) is -1.41. The minimum Gasteiger partial charge on any atom is -0.748 e. The van der Waals surface area contributed by atoms with Gasteiger partial charge < -0.3 is 9.66 Å². The smallest absolute Gasteiger partial charge is 0.748 e. The van der Waals surface area contributed by atoms with Crippen LogP contribution in [0, 0.1) is 0 Å². The van der Waals surface area contributed by atoms with Gasteiger partial charge in [0.25, 0.3) is 0 Å². The van der Waals surface area contributed by atoms with Crippen molar-refractivity contribution < 1.29 is 57.2 Å². The van der Waals surface area contributed by atoms with Crippen molar-refractivity contribution in [2.24, 2.45) is 0 Å². The van der Waals surface area contributed by atoms with Gasteiger partial charge in [-0.3, -0.25) is 9.59 Å². The monoisotopic (exact) mass is 260 g/mol. The Kier molecular flexibility index (Phi) is 10.8. The van der Waals surface area contributed by atoms with Crippen molar-refractivity contribution in [3.63, 3.8) is 0 Å². The molecular weight excluding hydrogens is 247 g/mol. The van der Waals surface area contributed by atoms with E-state index in [4.69, 9.17) is 5.11 Å². The molecule has 0 heterocycles. The molecule has 6 nitrogen and oxygen atoms in total. The number of aliphatic hydroxyl groups excluding tert-OH is 1. The second-order valence-electron chi connectivity index (χ2n) is 3.06. The molecule has 0 amide bonds. The van der Waals surface area contributed by atoms with Crippen LogP contribution >= 0.6 is 0 Å². The van der Waals surface area contributed by atoms with Crippen LogP contribution in [0.25, 0.3) is 0 Å². The normalized spacial score (nSPS) is 10.6. The van der Waals surface area contributed by atoms with Gasteiger partial charge in [0.1, 0.15) is 11.6 Å². The number of Topliss-reactive ketones (excluding diaryl/α,β-unsaturated/α-hetero) is 2. The van der Waals surface area contributed by atoms with Crippen LogP contribution in [0.1, 0.15) is 25.7 Å². The Bertz CT molecular complexity index is 323. The average Bonchev–Trinajstić information content (AvgIpc) is 2.11. The van der Waals surface area contributed by atoms with Crippen LogP contribution in [0.2, 0.25) is 0 Å². The van der Waals surface area contributed by atoms with Crippen molar-refractivity contribution in [1.82, 2.24) is 0 Å². The van der Waals surface area contributed by atoms with E-state index >= 15 is 0 Å². The van der Waals surface area contributed by atoms with E-state index < -0.39 is 21.7 Å². The first-order valence-corrected chi connectivity index (χ1v) is 6.00. The fourth-order valence-corrected chi connectivity index (χ4v) is 1.37. The second kappa shape index (κ2) is 9.26. The first kappa shape index (κ1) is 18.6. The third-order valence-corrected chi connectivity index (χ3v) is 2.41. The average molecular weight is 260 g/mol. The van der Waals surface area contributed by atoms with Gasteiger partial charge in [0.05, 0.1) is 10.1 Å². The molecule has 88 valence electrons. The van der Waals surface area contributed by atoms with E-state index in [2.05, 4.69) is 0 Å². The Morgan fingerprint density at radius 2 is 1.44 bits per heavy atom. The molecule has 0 saturated carbocycles. The Morgan fingerprint density at radius 3 is 1.81 bits per heavy atom. The van der Waals surface area contributed by atoms with E-state index in [1.807, 2.05) is 0 Å². The maximum Gasteiger partial charge on any atom is 1.00 e. The molecule has 0 atom stereocenters. The molecule has 0 rings (SSSR count). The van der Waals surface area contributed by atoms with Gasteiger partial charge in [0, 0.05) is 38.0 Å². The molecule has 1 N–H and O–H groups in total. The van der Waals surface area contributed by atoms with Gasteiger partial charge in [-0.1, -0.05) is 0 Å². The zero-order valence-corrected chi connectivity index (χ0v) is 12.0. The van der Waals surface area contributed by atoms with E-state index in [0.717, 1.165) is 0 Å². The first-order valence-electron chi connectivity index (χ1n) is 4.43.